The van der Waals surface area contributed by atoms with Gasteiger partial charge in [-0.2, -0.15) is 0 Å². The SMILES string of the molecule is Nc1cccc(NC(=O)c2sc3nc4c(c(-c5cccs5)c3c2N)CCCC4)c1. The second-order valence-corrected chi connectivity index (χ2v) is 9.15. The van der Waals surface area contributed by atoms with Crippen LogP contribution in [0.4, 0.5) is 17.1 Å². The second kappa shape index (κ2) is 7.17. The maximum Gasteiger partial charge on any atom is 0.267 e. The third kappa shape index (κ3) is 3.16. The van der Waals surface area contributed by atoms with Gasteiger partial charge in [-0.25, -0.2) is 4.98 Å². The minimum atomic E-state index is -0.230. The van der Waals surface area contributed by atoms with Crippen molar-refractivity contribution in [1.29, 1.82) is 0 Å². The van der Waals surface area contributed by atoms with Gasteiger partial charge in [0.15, 0.2) is 0 Å². The van der Waals surface area contributed by atoms with Crippen LogP contribution in [0.2, 0.25) is 0 Å². The molecule has 7 heteroatoms. The van der Waals surface area contributed by atoms with E-state index in [-0.39, 0.29) is 5.91 Å². The molecule has 4 aromatic rings. The van der Waals surface area contributed by atoms with Gasteiger partial charge in [-0.05, 0) is 60.9 Å². The molecule has 3 heterocycles. The molecule has 0 spiro atoms. The summed E-state index contributed by atoms with van der Waals surface area (Å²) in [6.07, 6.45) is 4.29. The first-order valence-corrected chi connectivity index (χ1v) is 11.3. The smallest absolute Gasteiger partial charge is 0.267 e. The molecule has 0 saturated heterocycles. The van der Waals surface area contributed by atoms with E-state index in [0.29, 0.717) is 21.9 Å². The first-order valence-electron chi connectivity index (χ1n) is 9.56. The predicted octanol–water partition coefficient (Wildman–Crippen LogP) is 5.32. The highest BCUT2D eigenvalue weighted by Crippen LogP contribution is 2.45. The number of nitrogens with one attached hydrogen (secondary N) is 1. The van der Waals surface area contributed by atoms with Crippen LogP contribution >= 0.6 is 22.7 Å². The summed E-state index contributed by atoms with van der Waals surface area (Å²) in [5.74, 6) is -0.230. The number of anilines is 3. The lowest BCUT2D eigenvalue weighted by molar-refractivity contribution is 0.103. The van der Waals surface area contributed by atoms with Crippen LogP contribution < -0.4 is 16.8 Å². The van der Waals surface area contributed by atoms with E-state index in [9.17, 15) is 4.79 Å². The first-order chi connectivity index (χ1) is 14.1. The number of amides is 1. The molecule has 1 amide bonds. The van der Waals surface area contributed by atoms with E-state index in [4.69, 9.17) is 16.5 Å². The lowest BCUT2D eigenvalue weighted by Gasteiger charge is -2.19. The van der Waals surface area contributed by atoms with Crippen molar-refractivity contribution >= 4 is 55.9 Å². The monoisotopic (exact) mass is 420 g/mol. The number of rotatable bonds is 3. The highest BCUT2D eigenvalue weighted by Gasteiger charge is 2.26. The highest BCUT2D eigenvalue weighted by molar-refractivity contribution is 7.21. The lowest BCUT2D eigenvalue weighted by atomic mass is 9.90. The van der Waals surface area contributed by atoms with Crippen LogP contribution in [0.5, 0.6) is 0 Å². The molecule has 1 aliphatic carbocycles. The minimum Gasteiger partial charge on any atom is -0.399 e. The predicted molar refractivity (Wildman–Crippen MR) is 123 cm³/mol. The zero-order valence-corrected chi connectivity index (χ0v) is 17.3. The maximum atomic E-state index is 13.0. The van der Waals surface area contributed by atoms with E-state index >= 15 is 0 Å². The average molecular weight is 421 g/mol. The van der Waals surface area contributed by atoms with Gasteiger partial charge in [0.2, 0.25) is 0 Å². The molecule has 0 bridgehead atoms. The van der Waals surface area contributed by atoms with Gasteiger partial charge in [-0.3, -0.25) is 4.79 Å². The molecule has 29 heavy (non-hydrogen) atoms. The average Bonchev–Trinajstić information content (AvgIpc) is 3.35. The number of benzene rings is 1. The second-order valence-electron chi connectivity index (χ2n) is 7.20. The molecule has 0 saturated carbocycles. The van der Waals surface area contributed by atoms with Crippen LogP contribution in [-0.4, -0.2) is 10.9 Å². The minimum absolute atomic E-state index is 0.230. The van der Waals surface area contributed by atoms with E-state index in [1.54, 1.807) is 23.5 Å². The Balaban J connectivity index is 1.66. The molecule has 0 fully saturated rings. The zero-order chi connectivity index (χ0) is 20.0. The van der Waals surface area contributed by atoms with Crippen molar-refractivity contribution < 1.29 is 4.79 Å². The van der Waals surface area contributed by atoms with Crippen LogP contribution in [0.1, 0.15) is 33.8 Å². The number of pyridine rings is 1. The van der Waals surface area contributed by atoms with Crippen molar-refractivity contribution in [2.45, 2.75) is 25.7 Å². The highest BCUT2D eigenvalue weighted by atomic mass is 32.1. The van der Waals surface area contributed by atoms with Crippen LogP contribution in [0, 0.1) is 0 Å². The number of aromatic nitrogens is 1. The summed E-state index contributed by atoms with van der Waals surface area (Å²) in [5, 5.41) is 5.90. The Bertz CT molecular complexity index is 1230. The van der Waals surface area contributed by atoms with Crippen molar-refractivity contribution in [1.82, 2.24) is 4.98 Å². The molecule has 5 N–H and O–H groups in total. The number of nitrogens with zero attached hydrogens (tertiary/aromatic N) is 1. The standard InChI is InChI=1S/C22H20N4OS2/c23-12-5-3-6-13(11-12)25-21(27)20-19(24)18-17(16-9-4-10-28-16)14-7-1-2-8-15(14)26-22(18)29-20/h3-6,9-11H,1-2,7-8,23-24H2,(H,25,27). The van der Waals surface area contributed by atoms with Gasteiger partial charge in [0.25, 0.3) is 5.91 Å². The molecular weight excluding hydrogens is 400 g/mol. The number of nitrogens with two attached hydrogens (primary N) is 2. The summed E-state index contributed by atoms with van der Waals surface area (Å²) in [6.45, 7) is 0. The van der Waals surface area contributed by atoms with Gasteiger partial charge in [-0.1, -0.05) is 12.1 Å². The lowest BCUT2D eigenvalue weighted by Crippen LogP contribution is -2.12. The summed E-state index contributed by atoms with van der Waals surface area (Å²) < 4.78 is 0. The summed E-state index contributed by atoms with van der Waals surface area (Å²) >= 11 is 3.07. The molecule has 0 aliphatic heterocycles. The van der Waals surface area contributed by atoms with Crippen LogP contribution in [0.25, 0.3) is 20.7 Å². The Hall–Kier alpha value is -2.90. The maximum absolute atomic E-state index is 13.0. The molecule has 0 radical (unpaired) electrons. The number of nitrogen functional groups attached to an aromatic ring is 2. The molecule has 0 unspecified atom stereocenters. The molecule has 146 valence electrons. The number of fused-ring (bicyclic) bond motifs is 2. The Kier molecular flexibility index (Phi) is 4.49. The van der Waals surface area contributed by atoms with Gasteiger partial charge >= 0.3 is 0 Å². The van der Waals surface area contributed by atoms with Crippen LogP contribution in [0.15, 0.2) is 41.8 Å². The van der Waals surface area contributed by atoms with Crippen LogP contribution in [-0.2, 0) is 12.8 Å². The number of aryl methyl sites for hydroxylation is 1. The van der Waals surface area contributed by atoms with E-state index in [1.165, 1.54) is 21.8 Å². The van der Waals surface area contributed by atoms with Crippen molar-refractivity contribution in [3.63, 3.8) is 0 Å². The zero-order valence-electron chi connectivity index (χ0n) is 15.7. The third-order valence-corrected chi connectivity index (χ3v) is 7.26. The molecular formula is C22H20N4OS2. The topological polar surface area (TPSA) is 94.0 Å². The fourth-order valence-corrected chi connectivity index (χ4v) is 5.80. The van der Waals surface area contributed by atoms with Crippen molar-refractivity contribution in [3.8, 4) is 10.4 Å². The number of hydrogen-bond acceptors (Lipinski definition) is 6. The number of hydrogen-bond donors (Lipinski definition) is 3. The van der Waals surface area contributed by atoms with Crippen molar-refractivity contribution in [2.24, 2.45) is 0 Å². The summed E-state index contributed by atoms with van der Waals surface area (Å²) in [4.78, 5) is 20.4. The summed E-state index contributed by atoms with van der Waals surface area (Å²) in [7, 11) is 0. The van der Waals surface area contributed by atoms with Gasteiger partial charge in [-0.15, -0.1) is 22.7 Å². The quantitative estimate of drug-likeness (QED) is 0.391. The molecule has 0 atom stereocenters. The van der Waals surface area contributed by atoms with Crippen molar-refractivity contribution in [3.05, 3.63) is 57.9 Å². The van der Waals surface area contributed by atoms with Gasteiger partial charge in [0, 0.05) is 32.9 Å². The number of thiophene rings is 2. The van der Waals surface area contributed by atoms with E-state index in [2.05, 4.69) is 22.8 Å². The van der Waals surface area contributed by atoms with E-state index < -0.39 is 0 Å². The third-order valence-electron chi connectivity index (χ3n) is 5.27. The molecule has 5 rings (SSSR count). The Morgan fingerprint density at radius 3 is 2.76 bits per heavy atom. The summed E-state index contributed by atoms with van der Waals surface area (Å²) in [5.41, 5.74) is 17.7. The fourth-order valence-electron chi connectivity index (χ4n) is 3.97. The molecule has 1 aliphatic rings. The molecule has 3 aromatic heterocycles. The molecule has 5 nitrogen and oxygen atoms in total. The Morgan fingerprint density at radius 1 is 1.10 bits per heavy atom. The van der Waals surface area contributed by atoms with Gasteiger partial charge in [0.05, 0.1) is 5.69 Å². The van der Waals surface area contributed by atoms with Crippen molar-refractivity contribution in [2.75, 3.05) is 16.8 Å². The van der Waals surface area contributed by atoms with Crippen LogP contribution in [0.3, 0.4) is 0 Å². The first kappa shape index (κ1) is 18.1. The summed E-state index contributed by atoms with van der Waals surface area (Å²) in [6, 6.07) is 11.3. The fraction of sp³-hybridized carbons (Fsp3) is 0.182. The van der Waals surface area contributed by atoms with Gasteiger partial charge in [0.1, 0.15) is 9.71 Å². The van der Waals surface area contributed by atoms with Gasteiger partial charge < -0.3 is 16.8 Å². The largest absolute Gasteiger partial charge is 0.399 e. The number of carbonyl (C=O) groups is 1. The molecule has 1 aromatic carbocycles. The Labute approximate surface area is 176 Å². The van der Waals surface area contributed by atoms with E-state index in [1.807, 2.05) is 12.1 Å². The van der Waals surface area contributed by atoms with E-state index in [0.717, 1.165) is 47.2 Å². The normalized spacial score (nSPS) is 13.4. The number of carbonyl (C=O) groups excluding carboxylic acids is 1. The Morgan fingerprint density at radius 2 is 1.97 bits per heavy atom.